The summed E-state index contributed by atoms with van der Waals surface area (Å²) in [6, 6.07) is 0. The van der Waals surface area contributed by atoms with Crippen molar-refractivity contribution in [3.05, 3.63) is 4.88 Å². The Balaban J connectivity index is 1.78. The Kier molecular flexibility index (Phi) is 3.33. The number of likely N-dealkylation sites (tertiary alicyclic amines) is 1. The van der Waals surface area contributed by atoms with Gasteiger partial charge in [0.25, 0.3) is 5.91 Å². The highest BCUT2D eigenvalue weighted by Gasteiger charge is 2.36. The molecule has 2 saturated heterocycles. The number of hydrogen-bond donors (Lipinski definition) is 2. The first kappa shape index (κ1) is 13.6. The maximum Gasteiger partial charge on any atom is 0.267 e. The first-order chi connectivity index (χ1) is 9.46. The summed E-state index contributed by atoms with van der Waals surface area (Å²) >= 11 is 1.37. The van der Waals surface area contributed by atoms with Crippen LogP contribution < -0.4 is 10.6 Å². The topological polar surface area (TPSA) is 82.7 Å². The molecule has 1 amide bonds. The minimum absolute atomic E-state index is 0.108. The van der Waals surface area contributed by atoms with Gasteiger partial charge in [-0.3, -0.25) is 4.79 Å². The Hall–Kier alpha value is -1.34. The molecule has 1 aromatic rings. The van der Waals surface area contributed by atoms with Crippen LogP contribution in [0.3, 0.4) is 0 Å². The minimum atomic E-state index is -0.785. The molecule has 3 heterocycles. The van der Waals surface area contributed by atoms with Crippen molar-refractivity contribution in [2.24, 2.45) is 0 Å². The van der Waals surface area contributed by atoms with Gasteiger partial charge in [-0.1, -0.05) is 11.3 Å². The standard InChI is InChI=1S/C13H20N4O2S/c1-13(19)4-7-17(8-13)11(18)9-10(14)15-12(20-9)16-5-2-3-6-16/h19H,2-8,14H2,1H3. The summed E-state index contributed by atoms with van der Waals surface area (Å²) in [5.74, 6) is 0.205. The second-order valence-corrected chi connectivity index (χ2v) is 6.86. The summed E-state index contributed by atoms with van der Waals surface area (Å²) in [6.45, 7) is 4.66. The third kappa shape index (κ3) is 2.47. The van der Waals surface area contributed by atoms with Crippen LogP contribution in [-0.4, -0.2) is 52.7 Å². The lowest BCUT2D eigenvalue weighted by Gasteiger charge is -2.18. The molecule has 0 bridgehead atoms. The van der Waals surface area contributed by atoms with Gasteiger partial charge in [0.05, 0.1) is 5.60 Å². The van der Waals surface area contributed by atoms with Crippen LogP contribution in [0.2, 0.25) is 0 Å². The molecule has 0 aliphatic carbocycles. The van der Waals surface area contributed by atoms with E-state index in [1.165, 1.54) is 11.3 Å². The lowest BCUT2D eigenvalue weighted by atomic mass is 10.1. The van der Waals surface area contributed by atoms with Crippen molar-refractivity contribution in [2.45, 2.75) is 31.8 Å². The van der Waals surface area contributed by atoms with Crippen LogP contribution in [0.4, 0.5) is 10.9 Å². The van der Waals surface area contributed by atoms with E-state index >= 15 is 0 Å². The molecule has 1 atom stereocenters. The number of thiazole rings is 1. The van der Waals surface area contributed by atoms with Crippen LogP contribution in [-0.2, 0) is 0 Å². The van der Waals surface area contributed by atoms with Crippen molar-refractivity contribution < 1.29 is 9.90 Å². The van der Waals surface area contributed by atoms with Crippen LogP contribution in [0.1, 0.15) is 35.9 Å². The molecule has 0 spiro atoms. The SMILES string of the molecule is CC1(O)CCN(C(=O)c2sc(N3CCCC3)nc2N)C1. The smallest absolute Gasteiger partial charge is 0.267 e. The Labute approximate surface area is 122 Å². The zero-order valence-electron chi connectivity index (χ0n) is 11.6. The number of nitrogens with two attached hydrogens (primary N) is 1. The molecule has 1 unspecified atom stereocenters. The van der Waals surface area contributed by atoms with Crippen LogP contribution in [0.15, 0.2) is 0 Å². The van der Waals surface area contributed by atoms with Gasteiger partial charge in [-0.15, -0.1) is 0 Å². The van der Waals surface area contributed by atoms with Gasteiger partial charge in [0.15, 0.2) is 5.13 Å². The number of hydrogen-bond acceptors (Lipinski definition) is 6. The number of rotatable bonds is 2. The van der Waals surface area contributed by atoms with E-state index in [2.05, 4.69) is 9.88 Å². The van der Waals surface area contributed by atoms with Crippen molar-refractivity contribution in [3.8, 4) is 0 Å². The third-order valence-corrected chi connectivity index (χ3v) is 5.07. The summed E-state index contributed by atoms with van der Waals surface area (Å²) < 4.78 is 0. The molecular weight excluding hydrogens is 276 g/mol. The van der Waals surface area contributed by atoms with Crippen molar-refractivity contribution in [2.75, 3.05) is 36.8 Å². The lowest BCUT2D eigenvalue weighted by Crippen LogP contribution is -2.33. The first-order valence-corrected chi connectivity index (χ1v) is 7.81. The molecule has 20 heavy (non-hydrogen) atoms. The number of amides is 1. The Morgan fingerprint density at radius 1 is 1.40 bits per heavy atom. The van der Waals surface area contributed by atoms with Gasteiger partial charge in [0, 0.05) is 26.2 Å². The summed E-state index contributed by atoms with van der Waals surface area (Å²) in [5, 5.41) is 10.8. The van der Waals surface area contributed by atoms with Crippen LogP contribution in [0.5, 0.6) is 0 Å². The molecule has 110 valence electrons. The fourth-order valence-electron chi connectivity index (χ4n) is 2.78. The van der Waals surface area contributed by atoms with Gasteiger partial charge >= 0.3 is 0 Å². The normalized spacial score (nSPS) is 26.5. The first-order valence-electron chi connectivity index (χ1n) is 6.99. The number of carbonyl (C=O) groups is 1. The van der Waals surface area contributed by atoms with Crippen molar-refractivity contribution >= 4 is 28.2 Å². The van der Waals surface area contributed by atoms with Crippen LogP contribution in [0.25, 0.3) is 0 Å². The van der Waals surface area contributed by atoms with E-state index < -0.39 is 5.60 Å². The van der Waals surface area contributed by atoms with Crippen molar-refractivity contribution in [1.29, 1.82) is 0 Å². The number of aliphatic hydroxyl groups is 1. The number of carbonyl (C=O) groups excluding carboxylic acids is 1. The van der Waals surface area contributed by atoms with Gasteiger partial charge in [-0.2, -0.15) is 0 Å². The molecule has 2 aliphatic heterocycles. The van der Waals surface area contributed by atoms with Gasteiger partial charge < -0.3 is 20.6 Å². The molecule has 2 fully saturated rings. The zero-order valence-corrected chi connectivity index (χ0v) is 12.4. The summed E-state index contributed by atoms with van der Waals surface area (Å²) in [5.41, 5.74) is 5.12. The van der Waals surface area contributed by atoms with Gasteiger partial charge in [-0.05, 0) is 26.2 Å². The maximum absolute atomic E-state index is 12.5. The highest BCUT2D eigenvalue weighted by Crippen LogP contribution is 2.32. The van der Waals surface area contributed by atoms with E-state index in [0.717, 1.165) is 31.1 Å². The molecule has 0 aromatic carbocycles. The summed E-state index contributed by atoms with van der Waals surface area (Å²) in [6.07, 6.45) is 2.94. The van der Waals surface area contributed by atoms with Crippen LogP contribution >= 0.6 is 11.3 Å². The molecule has 3 rings (SSSR count). The Bertz CT molecular complexity index is 522. The van der Waals surface area contributed by atoms with E-state index in [-0.39, 0.29) is 5.91 Å². The summed E-state index contributed by atoms with van der Waals surface area (Å²) in [4.78, 5) is 21.2. The number of nitrogen functional groups attached to an aromatic ring is 1. The van der Waals surface area contributed by atoms with E-state index in [1.807, 2.05) is 0 Å². The highest BCUT2D eigenvalue weighted by atomic mass is 32.1. The van der Waals surface area contributed by atoms with Gasteiger partial charge in [0.2, 0.25) is 0 Å². The Morgan fingerprint density at radius 2 is 2.10 bits per heavy atom. The molecular formula is C13H20N4O2S. The molecule has 3 N–H and O–H groups in total. The van der Waals surface area contributed by atoms with Crippen molar-refractivity contribution in [1.82, 2.24) is 9.88 Å². The molecule has 0 radical (unpaired) electrons. The number of anilines is 2. The van der Waals surface area contributed by atoms with E-state index in [4.69, 9.17) is 5.73 Å². The molecule has 7 heteroatoms. The fourth-order valence-corrected chi connectivity index (χ4v) is 3.78. The zero-order chi connectivity index (χ0) is 14.3. The predicted octanol–water partition coefficient (Wildman–Crippen LogP) is 0.922. The quantitative estimate of drug-likeness (QED) is 0.848. The minimum Gasteiger partial charge on any atom is -0.388 e. The predicted molar refractivity (Wildman–Crippen MR) is 79.1 cm³/mol. The van der Waals surface area contributed by atoms with Crippen molar-refractivity contribution in [3.63, 3.8) is 0 Å². The number of β-amino-alcohol motifs (C(OH)–C–C–N with tert-alkyl or cyclic N) is 1. The van der Waals surface area contributed by atoms with E-state index in [9.17, 15) is 9.90 Å². The average molecular weight is 296 g/mol. The number of aromatic nitrogens is 1. The number of nitrogens with zero attached hydrogens (tertiary/aromatic N) is 3. The van der Waals surface area contributed by atoms with E-state index in [0.29, 0.717) is 30.2 Å². The molecule has 6 nitrogen and oxygen atoms in total. The fraction of sp³-hybridized carbons (Fsp3) is 0.692. The maximum atomic E-state index is 12.5. The van der Waals surface area contributed by atoms with Crippen LogP contribution in [0, 0.1) is 0 Å². The average Bonchev–Trinajstić information content (AvgIpc) is 3.07. The van der Waals surface area contributed by atoms with E-state index in [1.54, 1.807) is 11.8 Å². The second-order valence-electron chi connectivity index (χ2n) is 5.88. The van der Waals surface area contributed by atoms with Gasteiger partial charge in [-0.25, -0.2) is 4.98 Å². The third-order valence-electron chi connectivity index (χ3n) is 3.95. The molecule has 1 aromatic heterocycles. The highest BCUT2D eigenvalue weighted by molar-refractivity contribution is 7.18. The Morgan fingerprint density at radius 3 is 2.70 bits per heavy atom. The largest absolute Gasteiger partial charge is 0.388 e. The monoisotopic (exact) mass is 296 g/mol. The van der Waals surface area contributed by atoms with Gasteiger partial charge in [0.1, 0.15) is 10.7 Å². The molecule has 2 aliphatic rings. The second kappa shape index (κ2) is 4.89. The lowest BCUT2D eigenvalue weighted by molar-refractivity contribution is 0.0575. The summed E-state index contributed by atoms with van der Waals surface area (Å²) in [7, 11) is 0. The molecule has 0 saturated carbocycles.